The van der Waals surface area contributed by atoms with Crippen molar-refractivity contribution in [3.8, 4) is 0 Å². The first-order valence-corrected chi connectivity index (χ1v) is 9.95. The molecule has 146 valence electrons. The van der Waals surface area contributed by atoms with Crippen LogP contribution in [0.4, 0.5) is 0 Å². The first kappa shape index (κ1) is 19.9. The molecule has 3 heterocycles. The Morgan fingerprint density at radius 1 is 1.04 bits per heavy atom. The van der Waals surface area contributed by atoms with E-state index in [1.54, 1.807) is 6.20 Å². The van der Waals surface area contributed by atoms with Gasteiger partial charge in [-0.15, -0.1) is 0 Å². The lowest BCUT2D eigenvalue weighted by atomic mass is 9.79. The second-order valence-electron chi connectivity index (χ2n) is 8.64. The predicted octanol–water partition coefficient (Wildman–Crippen LogP) is 2.17. The highest BCUT2D eigenvalue weighted by Crippen LogP contribution is 2.38. The zero-order chi connectivity index (χ0) is 18.8. The van der Waals surface area contributed by atoms with Gasteiger partial charge in [-0.3, -0.25) is 4.99 Å². The zero-order valence-corrected chi connectivity index (χ0v) is 16.7. The molecule has 3 fully saturated rings. The van der Waals surface area contributed by atoms with Crippen LogP contribution in [0.15, 0.2) is 16.7 Å². The molecule has 3 aliphatic heterocycles. The molecule has 0 spiro atoms. The molecular weight excluding hydrogens is 329 g/mol. The van der Waals surface area contributed by atoms with Crippen molar-refractivity contribution in [3.63, 3.8) is 0 Å². The normalized spacial score (nSPS) is 28.9. The van der Waals surface area contributed by atoms with Gasteiger partial charge in [0.1, 0.15) is 0 Å². The first-order valence-electron chi connectivity index (χ1n) is 9.95. The average Bonchev–Trinajstić information content (AvgIpc) is 2.84. The molecule has 3 saturated heterocycles. The molecule has 0 saturated carbocycles. The van der Waals surface area contributed by atoms with Crippen LogP contribution < -0.4 is 5.73 Å². The van der Waals surface area contributed by atoms with Crippen molar-refractivity contribution >= 4 is 13.3 Å². The number of piperidine rings is 1. The molecule has 0 aromatic carbocycles. The molecule has 3 aliphatic rings. The van der Waals surface area contributed by atoms with Crippen molar-refractivity contribution in [1.29, 1.82) is 0 Å². The summed E-state index contributed by atoms with van der Waals surface area (Å²) in [6.07, 6.45) is 7.93. The predicted molar refractivity (Wildman–Crippen MR) is 105 cm³/mol. The van der Waals surface area contributed by atoms with Crippen LogP contribution in [0, 0.1) is 0 Å². The van der Waals surface area contributed by atoms with Gasteiger partial charge in [-0.25, -0.2) is 0 Å². The summed E-state index contributed by atoms with van der Waals surface area (Å²) in [6, 6.07) is 1.04. The highest BCUT2D eigenvalue weighted by atomic mass is 16.7. The minimum Gasteiger partial charge on any atom is -0.405 e. The summed E-state index contributed by atoms with van der Waals surface area (Å²) in [4.78, 5) is 7.40. The summed E-state index contributed by atoms with van der Waals surface area (Å²) < 4.78 is 17.6. The Hall–Kier alpha value is -0.885. The van der Waals surface area contributed by atoms with Crippen molar-refractivity contribution in [1.82, 2.24) is 4.90 Å². The lowest BCUT2D eigenvalue weighted by Gasteiger charge is -2.38. The maximum atomic E-state index is 6.07. The van der Waals surface area contributed by atoms with Gasteiger partial charge in [0.25, 0.3) is 0 Å². The van der Waals surface area contributed by atoms with Crippen LogP contribution in [-0.2, 0) is 14.0 Å². The van der Waals surface area contributed by atoms with Crippen LogP contribution >= 0.6 is 0 Å². The molecule has 3 rings (SSSR count). The third-order valence-electron chi connectivity index (χ3n) is 6.36. The fourth-order valence-electron chi connectivity index (χ4n) is 3.80. The summed E-state index contributed by atoms with van der Waals surface area (Å²) in [5.41, 5.74) is 5.90. The lowest BCUT2D eigenvalue weighted by molar-refractivity contribution is 0.00578. The van der Waals surface area contributed by atoms with Gasteiger partial charge >= 0.3 is 7.12 Å². The molecule has 7 heteroatoms. The van der Waals surface area contributed by atoms with Gasteiger partial charge in [-0.1, -0.05) is 0 Å². The van der Waals surface area contributed by atoms with Crippen LogP contribution in [0.3, 0.4) is 0 Å². The van der Waals surface area contributed by atoms with E-state index in [1.807, 2.05) is 33.9 Å². The number of aliphatic imine (C=N–C) groups is 1. The van der Waals surface area contributed by atoms with Crippen molar-refractivity contribution in [2.75, 3.05) is 26.3 Å². The molecule has 26 heavy (non-hydrogen) atoms. The van der Waals surface area contributed by atoms with Crippen LogP contribution in [0.25, 0.3) is 0 Å². The summed E-state index contributed by atoms with van der Waals surface area (Å²) in [6.45, 7) is 12.2. The van der Waals surface area contributed by atoms with Crippen molar-refractivity contribution in [3.05, 3.63) is 11.7 Å². The number of nitrogens with zero attached hydrogens (tertiary/aromatic N) is 2. The van der Waals surface area contributed by atoms with Gasteiger partial charge < -0.3 is 24.7 Å². The lowest BCUT2D eigenvalue weighted by Crippen LogP contribution is -2.44. The van der Waals surface area contributed by atoms with Gasteiger partial charge in [0.15, 0.2) is 0 Å². The Labute approximate surface area is 158 Å². The van der Waals surface area contributed by atoms with E-state index >= 15 is 0 Å². The van der Waals surface area contributed by atoms with E-state index in [0.717, 1.165) is 57.5 Å². The Morgan fingerprint density at radius 3 is 2.15 bits per heavy atom. The Kier molecular flexibility index (Phi) is 6.12. The number of ether oxygens (including phenoxy) is 1. The van der Waals surface area contributed by atoms with Crippen LogP contribution in [-0.4, -0.2) is 67.8 Å². The van der Waals surface area contributed by atoms with E-state index in [0.29, 0.717) is 12.1 Å². The molecular formula is C19H34BN3O3. The van der Waals surface area contributed by atoms with E-state index in [4.69, 9.17) is 24.8 Å². The number of likely N-dealkylation sites (tertiary alicyclic amines) is 1. The number of rotatable bonds is 4. The average molecular weight is 363 g/mol. The Morgan fingerprint density at radius 2 is 1.62 bits per heavy atom. The van der Waals surface area contributed by atoms with Crippen LogP contribution in [0.5, 0.6) is 0 Å². The standard InChI is InChI=1S/C19H34BN3O3/c1-18(2)19(3,4)26-20(25-18)15(13-21)14-22-16-5-9-23(10-6-16)17-7-11-24-12-8-17/h13-14,16-17H,5-12,21H2,1-4H3. The third-order valence-corrected chi connectivity index (χ3v) is 6.36. The first-order chi connectivity index (χ1) is 12.3. The number of allylic oxidation sites excluding steroid dienone is 1. The topological polar surface area (TPSA) is 69.3 Å². The zero-order valence-electron chi connectivity index (χ0n) is 16.7. The van der Waals surface area contributed by atoms with Gasteiger partial charge in [0.05, 0.1) is 17.2 Å². The van der Waals surface area contributed by atoms with Gasteiger partial charge in [-0.05, 0) is 59.6 Å². The number of hydrogen-bond donors (Lipinski definition) is 1. The summed E-state index contributed by atoms with van der Waals surface area (Å²) in [5.74, 6) is 0. The van der Waals surface area contributed by atoms with E-state index < -0.39 is 7.12 Å². The second-order valence-corrected chi connectivity index (χ2v) is 8.64. The monoisotopic (exact) mass is 363 g/mol. The van der Waals surface area contributed by atoms with Crippen LogP contribution in [0.2, 0.25) is 0 Å². The maximum Gasteiger partial charge on any atom is 0.497 e. The van der Waals surface area contributed by atoms with Gasteiger partial charge in [0, 0.05) is 44.0 Å². The minimum atomic E-state index is -0.448. The quantitative estimate of drug-likeness (QED) is 0.612. The highest BCUT2D eigenvalue weighted by molar-refractivity contribution is 6.60. The summed E-state index contributed by atoms with van der Waals surface area (Å²) >= 11 is 0. The highest BCUT2D eigenvalue weighted by Gasteiger charge is 2.52. The molecule has 6 nitrogen and oxygen atoms in total. The SMILES string of the molecule is CC1(C)OB(C(C=NC2CCN(C3CCOCC3)CC2)=CN)OC1(C)C. The van der Waals surface area contributed by atoms with Crippen LogP contribution in [0.1, 0.15) is 53.4 Å². The molecule has 0 amide bonds. The summed E-state index contributed by atoms with van der Waals surface area (Å²) in [7, 11) is -0.448. The largest absolute Gasteiger partial charge is 0.497 e. The molecule has 2 N–H and O–H groups in total. The maximum absolute atomic E-state index is 6.07. The smallest absolute Gasteiger partial charge is 0.405 e. The van der Waals surface area contributed by atoms with E-state index in [1.165, 1.54) is 0 Å². The molecule has 0 radical (unpaired) electrons. The van der Waals surface area contributed by atoms with Crippen molar-refractivity contribution in [2.45, 2.75) is 76.7 Å². The fraction of sp³-hybridized carbons (Fsp3) is 0.842. The number of nitrogens with two attached hydrogens (primary N) is 1. The van der Waals surface area contributed by atoms with Crippen molar-refractivity contribution in [2.24, 2.45) is 10.7 Å². The Balaban J connectivity index is 1.51. The molecule has 0 aromatic heterocycles. The molecule has 0 atom stereocenters. The summed E-state index contributed by atoms with van der Waals surface area (Å²) in [5, 5.41) is 0. The second kappa shape index (κ2) is 8.01. The Bertz CT molecular complexity index is 520. The fourth-order valence-corrected chi connectivity index (χ4v) is 3.80. The molecule has 0 bridgehead atoms. The minimum absolute atomic E-state index is 0.350. The van der Waals surface area contributed by atoms with Gasteiger partial charge in [0.2, 0.25) is 0 Å². The van der Waals surface area contributed by atoms with E-state index in [-0.39, 0.29) is 11.2 Å². The van der Waals surface area contributed by atoms with E-state index in [9.17, 15) is 0 Å². The number of hydrogen-bond acceptors (Lipinski definition) is 6. The van der Waals surface area contributed by atoms with E-state index in [2.05, 4.69) is 4.90 Å². The molecule has 0 unspecified atom stereocenters. The molecule has 0 aromatic rings. The molecule has 0 aliphatic carbocycles. The third kappa shape index (κ3) is 4.33. The van der Waals surface area contributed by atoms with Gasteiger partial charge in [-0.2, -0.15) is 0 Å². The van der Waals surface area contributed by atoms with Crippen molar-refractivity contribution < 1.29 is 14.0 Å².